The molecule has 6 aromatic rings. The zero-order chi connectivity index (χ0) is 31.9. The van der Waals surface area contributed by atoms with Crippen molar-refractivity contribution >= 4 is 34.3 Å². The number of aliphatic imine (C=N–C) groups is 1. The Labute approximate surface area is 282 Å². The molecule has 9 rings (SSSR count). The second kappa shape index (κ2) is 12.3. The molecule has 3 heteroatoms. The summed E-state index contributed by atoms with van der Waals surface area (Å²) in [6.45, 7) is 0. The quantitative estimate of drug-likeness (QED) is 0.201. The number of hydrogen-bond acceptors (Lipinski definition) is 3. The smallest absolute Gasteiger partial charge is 0.131 e. The van der Waals surface area contributed by atoms with Gasteiger partial charge in [-0.1, -0.05) is 146 Å². The predicted molar refractivity (Wildman–Crippen MR) is 201 cm³/mol. The van der Waals surface area contributed by atoms with Gasteiger partial charge in [-0.25, -0.2) is 4.99 Å². The van der Waals surface area contributed by atoms with Gasteiger partial charge >= 0.3 is 0 Å². The Kier molecular flexibility index (Phi) is 7.33. The third-order valence-corrected chi connectivity index (χ3v) is 10.1. The Morgan fingerprint density at radius 1 is 0.542 bits per heavy atom. The van der Waals surface area contributed by atoms with Crippen LogP contribution in [0, 0.1) is 0 Å². The molecule has 0 radical (unpaired) electrons. The molecule has 3 nitrogen and oxygen atoms in total. The zero-order valence-corrected chi connectivity index (χ0v) is 26.9. The summed E-state index contributed by atoms with van der Waals surface area (Å²) in [6, 6.07) is 48.6. The summed E-state index contributed by atoms with van der Waals surface area (Å²) in [5.74, 6) is 0.904. The van der Waals surface area contributed by atoms with E-state index in [0.29, 0.717) is 0 Å². The van der Waals surface area contributed by atoms with Crippen LogP contribution in [-0.2, 0) is 12.8 Å². The van der Waals surface area contributed by atoms with Crippen molar-refractivity contribution in [3.8, 4) is 11.1 Å². The molecule has 232 valence electrons. The van der Waals surface area contributed by atoms with Gasteiger partial charge in [0.15, 0.2) is 0 Å². The van der Waals surface area contributed by atoms with E-state index in [9.17, 15) is 0 Å². The first-order valence-electron chi connectivity index (χ1n) is 17.1. The minimum atomic E-state index is -0.170. The molecule has 48 heavy (non-hydrogen) atoms. The third kappa shape index (κ3) is 5.57. The standard InChI is InChI=1S/C45H37N3/c1-2-10-33(11-3-1)43-46-44(48-45(47-43)42-25-17-31-9-5-7-13-36(31)29-42)34-18-14-32(15-19-34)37-21-22-40-28-41(24-23-39(40)27-37)38-20-16-30-8-4-6-12-35(30)26-38/h1-5,7-11,13-20,23-29,43,45,47H,6,12,21-22H2,(H,46,48). The van der Waals surface area contributed by atoms with E-state index in [1.807, 2.05) is 0 Å². The van der Waals surface area contributed by atoms with Crippen LogP contribution in [0.25, 0.3) is 39.6 Å². The van der Waals surface area contributed by atoms with E-state index in [-0.39, 0.29) is 12.3 Å². The summed E-state index contributed by atoms with van der Waals surface area (Å²) < 4.78 is 0. The second-order valence-corrected chi connectivity index (χ2v) is 13.2. The van der Waals surface area contributed by atoms with Gasteiger partial charge < -0.3 is 5.32 Å². The van der Waals surface area contributed by atoms with E-state index >= 15 is 0 Å². The maximum atomic E-state index is 5.21. The van der Waals surface area contributed by atoms with Crippen LogP contribution in [0.15, 0.2) is 145 Å². The molecule has 6 aromatic carbocycles. The van der Waals surface area contributed by atoms with Crippen molar-refractivity contribution in [2.45, 2.75) is 38.0 Å². The van der Waals surface area contributed by atoms with E-state index < -0.39 is 0 Å². The van der Waals surface area contributed by atoms with Gasteiger partial charge in [0.05, 0.1) is 0 Å². The normalized spacial score (nSPS) is 18.3. The monoisotopic (exact) mass is 619 g/mol. The molecule has 0 amide bonds. The number of rotatable bonds is 5. The number of hydrogen-bond donors (Lipinski definition) is 2. The van der Waals surface area contributed by atoms with Crippen LogP contribution >= 0.6 is 0 Å². The lowest BCUT2D eigenvalue weighted by molar-refractivity contribution is 0.409. The largest absolute Gasteiger partial charge is 0.350 e. The fraction of sp³-hybridized carbons (Fsp3) is 0.133. The van der Waals surface area contributed by atoms with Crippen LogP contribution in [0.3, 0.4) is 0 Å². The molecule has 0 saturated heterocycles. The number of allylic oxidation sites excluding steroid dienone is 2. The third-order valence-electron chi connectivity index (χ3n) is 10.1. The summed E-state index contributed by atoms with van der Waals surface area (Å²) in [7, 11) is 0. The molecule has 0 spiro atoms. The average Bonchev–Trinajstić information content (AvgIpc) is 3.17. The summed E-state index contributed by atoms with van der Waals surface area (Å²) in [5.41, 5.74) is 14.3. The minimum absolute atomic E-state index is 0.0598. The van der Waals surface area contributed by atoms with Crippen LogP contribution in [0.5, 0.6) is 0 Å². The van der Waals surface area contributed by atoms with Crippen molar-refractivity contribution in [2.24, 2.45) is 4.99 Å². The van der Waals surface area contributed by atoms with Crippen LogP contribution < -0.4 is 10.6 Å². The molecule has 2 atom stereocenters. The van der Waals surface area contributed by atoms with Gasteiger partial charge in [0.1, 0.15) is 18.2 Å². The molecule has 3 aliphatic rings. The van der Waals surface area contributed by atoms with Crippen LogP contribution in [0.4, 0.5) is 0 Å². The van der Waals surface area contributed by atoms with Gasteiger partial charge in [0.25, 0.3) is 0 Å². The van der Waals surface area contributed by atoms with Crippen LogP contribution in [-0.4, -0.2) is 5.84 Å². The van der Waals surface area contributed by atoms with Gasteiger partial charge in [0, 0.05) is 5.56 Å². The number of amidine groups is 1. The van der Waals surface area contributed by atoms with Crippen LogP contribution in [0.2, 0.25) is 0 Å². The van der Waals surface area contributed by atoms with Gasteiger partial charge in [-0.05, 0) is 98.2 Å². The first kappa shape index (κ1) is 28.7. The molecule has 0 saturated carbocycles. The molecule has 0 aromatic heterocycles. The maximum Gasteiger partial charge on any atom is 0.131 e. The molecule has 2 N–H and O–H groups in total. The number of fused-ring (bicyclic) bond motifs is 3. The topological polar surface area (TPSA) is 36.4 Å². The van der Waals surface area contributed by atoms with Crippen molar-refractivity contribution in [1.29, 1.82) is 0 Å². The number of nitrogens with zero attached hydrogens (tertiary/aromatic N) is 1. The molecule has 2 aliphatic carbocycles. The molecule has 0 fully saturated rings. The number of nitrogens with one attached hydrogen (secondary N) is 2. The Balaban J connectivity index is 0.990. The second-order valence-electron chi connectivity index (χ2n) is 13.2. The molecular formula is C45H37N3. The van der Waals surface area contributed by atoms with E-state index in [4.69, 9.17) is 4.99 Å². The molecule has 1 aliphatic heterocycles. The fourth-order valence-electron chi connectivity index (χ4n) is 7.43. The first-order chi connectivity index (χ1) is 23.7. The Bertz CT molecular complexity index is 2240. The van der Waals surface area contributed by atoms with E-state index in [0.717, 1.165) is 42.6 Å². The van der Waals surface area contributed by atoms with E-state index in [1.165, 1.54) is 60.9 Å². The highest BCUT2D eigenvalue weighted by Crippen LogP contribution is 2.35. The lowest BCUT2D eigenvalue weighted by Crippen LogP contribution is -2.44. The zero-order valence-electron chi connectivity index (χ0n) is 26.9. The number of benzene rings is 6. The van der Waals surface area contributed by atoms with Crippen molar-refractivity contribution in [1.82, 2.24) is 10.6 Å². The summed E-state index contributed by atoms with van der Waals surface area (Å²) in [6.07, 6.45) is 11.1. The summed E-state index contributed by atoms with van der Waals surface area (Å²) in [4.78, 5) is 5.21. The summed E-state index contributed by atoms with van der Waals surface area (Å²) in [5, 5.41) is 9.89. The predicted octanol–water partition coefficient (Wildman–Crippen LogP) is 10.3. The minimum Gasteiger partial charge on any atom is -0.350 e. The number of aryl methyl sites for hydroxylation is 2. The van der Waals surface area contributed by atoms with Crippen molar-refractivity contribution in [3.63, 3.8) is 0 Å². The van der Waals surface area contributed by atoms with Crippen molar-refractivity contribution < 1.29 is 0 Å². The first-order valence-corrected chi connectivity index (χ1v) is 17.1. The van der Waals surface area contributed by atoms with Crippen molar-refractivity contribution in [2.75, 3.05) is 0 Å². The molecular weight excluding hydrogens is 583 g/mol. The maximum absolute atomic E-state index is 5.21. The van der Waals surface area contributed by atoms with Gasteiger partial charge in [0.2, 0.25) is 0 Å². The Morgan fingerprint density at radius 2 is 1.25 bits per heavy atom. The van der Waals surface area contributed by atoms with E-state index in [1.54, 1.807) is 0 Å². The van der Waals surface area contributed by atoms with E-state index in [2.05, 4.69) is 162 Å². The Hall–Kier alpha value is -5.51. The average molecular weight is 620 g/mol. The molecule has 2 unspecified atom stereocenters. The van der Waals surface area contributed by atoms with Crippen molar-refractivity contribution in [3.05, 3.63) is 184 Å². The lowest BCUT2D eigenvalue weighted by Gasteiger charge is -2.32. The fourth-order valence-corrected chi connectivity index (χ4v) is 7.43. The SMILES string of the molecule is C1=Cc2ccc(-c3ccc4c(c3)CCC(c3ccc(C5=NC(c6ccc7ccccc7c6)NC(c6ccccc6)N5)cc3)=C4)cc2CC1. The highest BCUT2D eigenvalue weighted by molar-refractivity contribution is 6.00. The van der Waals surface area contributed by atoms with Gasteiger partial charge in [-0.3, -0.25) is 5.32 Å². The molecule has 1 heterocycles. The van der Waals surface area contributed by atoms with Crippen LogP contribution in [0.1, 0.15) is 69.7 Å². The highest BCUT2D eigenvalue weighted by atomic mass is 15.3. The molecule has 0 bridgehead atoms. The summed E-state index contributed by atoms with van der Waals surface area (Å²) >= 11 is 0. The lowest BCUT2D eigenvalue weighted by atomic mass is 9.86. The van der Waals surface area contributed by atoms with Gasteiger partial charge in [-0.15, -0.1) is 0 Å². The Morgan fingerprint density at radius 3 is 2.08 bits per heavy atom. The van der Waals surface area contributed by atoms with Gasteiger partial charge in [-0.2, -0.15) is 0 Å². The highest BCUT2D eigenvalue weighted by Gasteiger charge is 2.25.